The lowest BCUT2D eigenvalue weighted by atomic mass is 9.95. The topological polar surface area (TPSA) is 108 Å². The zero-order valence-electron chi connectivity index (χ0n) is 9.90. The highest BCUT2D eigenvalue weighted by atomic mass is 16.5. The molecule has 1 unspecified atom stereocenters. The van der Waals surface area contributed by atoms with Gasteiger partial charge in [0.25, 0.3) is 0 Å². The predicted molar refractivity (Wildman–Crippen MR) is 57.0 cm³/mol. The van der Waals surface area contributed by atoms with E-state index in [9.17, 15) is 14.7 Å². The fourth-order valence-corrected chi connectivity index (χ4v) is 2.35. The Bertz CT molecular complexity index is 277. The quantitative estimate of drug-likeness (QED) is 0.362. The van der Waals surface area contributed by atoms with E-state index in [1.807, 2.05) is 0 Å². The smallest absolute Gasteiger partial charge is 0.247 e. The number of amides is 2. The van der Waals surface area contributed by atoms with Crippen molar-refractivity contribution in [3.63, 3.8) is 0 Å². The number of carbonyl (C=O) groups excluding carboxylic acids is 2. The van der Waals surface area contributed by atoms with Crippen molar-refractivity contribution in [2.24, 2.45) is 11.8 Å². The van der Waals surface area contributed by atoms with Crippen LogP contribution in [0.2, 0.25) is 0 Å². The highest BCUT2D eigenvalue weighted by Crippen LogP contribution is 2.41. The molecule has 1 aliphatic carbocycles. The average molecular weight is 246 g/mol. The molecular weight excluding hydrogens is 228 g/mol. The van der Waals surface area contributed by atoms with Crippen LogP contribution in [0.5, 0.6) is 0 Å². The van der Waals surface area contributed by atoms with Crippen LogP contribution in [0.25, 0.3) is 0 Å². The Morgan fingerprint density at radius 3 is 2.24 bits per heavy atom. The Balaban J connectivity index is 2.93. The second-order valence-electron chi connectivity index (χ2n) is 4.26. The summed E-state index contributed by atoms with van der Waals surface area (Å²) in [5, 5.41) is 20.4. The minimum absolute atomic E-state index is 0.199. The van der Waals surface area contributed by atoms with Gasteiger partial charge in [0.05, 0.1) is 24.0 Å². The van der Waals surface area contributed by atoms with Crippen molar-refractivity contribution < 1.29 is 24.6 Å². The molecule has 7 heteroatoms. The molecule has 0 radical (unpaired) electrons. The number of methoxy groups -OCH3 is 1. The van der Waals surface area contributed by atoms with Gasteiger partial charge in [-0.15, -0.1) is 0 Å². The van der Waals surface area contributed by atoms with E-state index in [-0.39, 0.29) is 25.4 Å². The molecule has 1 rings (SSSR count). The zero-order valence-corrected chi connectivity index (χ0v) is 9.90. The summed E-state index contributed by atoms with van der Waals surface area (Å²) in [4.78, 5) is 23.1. The van der Waals surface area contributed by atoms with Crippen molar-refractivity contribution in [3.8, 4) is 0 Å². The lowest BCUT2D eigenvalue weighted by Gasteiger charge is -2.24. The van der Waals surface area contributed by atoms with Gasteiger partial charge in [0.2, 0.25) is 11.8 Å². The Morgan fingerprint density at radius 2 is 1.88 bits per heavy atom. The van der Waals surface area contributed by atoms with Crippen LogP contribution in [0.1, 0.15) is 12.8 Å². The lowest BCUT2D eigenvalue weighted by Crippen LogP contribution is -2.37. The molecule has 0 saturated heterocycles. The number of carbonyl (C=O) groups is 2. The summed E-state index contributed by atoms with van der Waals surface area (Å²) in [6.45, 7) is -0.272. The second-order valence-corrected chi connectivity index (χ2v) is 4.26. The van der Waals surface area contributed by atoms with Gasteiger partial charge >= 0.3 is 0 Å². The maximum absolute atomic E-state index is 11.7. The summed E-state index contributed by atoms with van der Waals surface area (Å²) in [7, 11) is 2.90. The Morgan fingerprint density at radius 1 is 1.35 bits per heavy atom. The van der Waals surface area contributed by atoms with E-state index in [0.717, 1.165) is 0 Å². The number of hydrogen-bond acceptors (Lipinski definition) is 5. The van der Waals surface area contributed by atoms with Crippen LogP contribution in [0, 0.1) is 11.8 Å². The fraction of sp³-hybridized carbons (Fsp3) is 0.800. The van der Waals surface area contributed by atoms with Gasteiger partial charge in [0.1, 0.15) is 0 Å². The molecule has 1 aliphatic rings. The first kappa shape index (κ1) is 13.9. The number of hydroxylamine groups is 1. The van der Waals surface area contributed by atoms with E-state index in [2.05, 4.69) is 5.32 Å². The molecular formula is C10H18N2O5. The molecule has 0 aromatic rings. The van der Waals surface area contributed by atoms with Crippen molar-refractivity contribution in [2.75, 3.05) is 20.8 Å². The minimum Gasteiger partial charge on any atom is -0.393 e. The number of aliphatic hydroxyl groups is 1. The van der Waals surface area contributed by atoms with Crippen molar-refractivity contribution in [1.29, 1.82) is 0 Å². The van der Waals surface area contributed by atoms with Crippen LogP contribution in [0.4, 0.5) is 0 Å². The fourth-order valence-electron chi connectivity index (χ4n) is 2.35. The molecule has 17 heavy (non-hydrogen) atoms. The number of aliphatic hydroxyl groups excluding tert-OH is 1. The first-order chi connectivity index (χ1) is 8.03. The van der Waals surface area contributed by atoms with Gasteiger partial charge in [-0.25, -0.2) is 5.48 Å². The molecule has 1 saturated carbocycles. The highest BCUT2D eigenvalue weighted by Gasteiger charge is 2.50. The minimum atomic E-state index is -0.894. The van der Waals surface area contributed by atoms with Gasteiger partial charge in [-0.1, -0.05) is 0 Å². The van der Waals surface area contributed by atoms with Crippen molar-refractivity contribution in [3.05, 3.63) is 0 Å². The largest absolute Gasteiger partial charge is 0.393 e. The molecule has 0 bridgehead atoms. The highest BCUT2D eigenvalue weighted by molar-refractivity contribution is 5.88. The second kappa shape index (κ2) is 5.44. The van der Waals surface area contributed by atoms with Gasteiger partial charge in [0, 0.05) is 14.2 Å². The molecule has 98 valence electrons. The molecule has 0 aliphatic heterocycles. The molecule has 1 fully saturated rings. The lowest BCUT2D eigenvalue weighted by molar-refractivity contribution is -0.139. The number of nitrogens with one attached hydrogen (secondary N) is 2. The summed E-state index contributed by atoms with van der Waals surface area (Å²) in [6, 6.07) is 0. The normalized spacial score (nSPS) is 32.2. The molecule has 0 aromatic heterocycles. The van der Waals surface area contributed by atoms with Crippen LogP contribution in [-0.4, -0.2) is 48.5 Å². The molecule has 2 amide bonds. The van der Waals surface area contributed by atoms with Crippen molar-refractivity contribution >= 4 is 11.8 Å². The van der Waals surface area contributed by atoms with Crippen molar-refractivity contribution in [1.82, 2.24) is 10.8 Å². The molecule has 0 heterocycles. The third-order valence-electron chi connectivity index (χ3n) is 3.42. The maximum atomic E-state index is 11.7. The number of hydrogen-bond donors (Lipinski definition) is 4. The Hall–Kier alpha value is -1.18. The van der Waals surface area contributed by atoms with Gasteiger partial charge in [-0.05, 0) is 12.8 Å². The van der Waals surface area contributed by atoms with Gasteiger partial charge < -0.3 is 15.2 Å². The predicted octanol–water partition coefficient (Wildman–Crippen LogP) is -1.36. The van der Waals surface area contributed by atoms with Crippen LogP contribution in [0.15, 0.2) is 0 Å². The van der Waals surface area contributed by atoms with Gasteiger partial charge in [-0.3, -0.25) is 14.8 Å². The standard InChI is InChI=1S/C10H18N2O5/c1-11-8(14)6-3-10(5-13,17-2)4-7(6)9(15)12-16/h6-7,13,16H,3-5H2,1-2H3,(H,11,14)(H,12,15)/t6-,7-,10?/m0/s1. The maximum Gasteiger partial charge on any atom is 0.247 e. The summed E-state index contributed by atoms with van der Waals surface area (Å²) < 4.78 is 5.21. The number of rotatable bonds is 4. The summed E-state index contributed by atoms with van der Waals surface area (Å²) in [6.07, 6.45) is 0.447. The van der Waals surface area contributed by atoms with Crippen LogP contribution < -0.4 is 10.8 Å². The summed E-state index contributed by atoms with van der Waals surface area (Å²) in [5.41, 5.74) is 0.651. The molecule has 0 spiro atoms. The van der Waals surface area contributed by atoms with E-state index >= 15 is 0 Å². The first-order valence-electron chi connectivity index (χ1n) is 5.35. The Kier molecular flexibility index (Phi) is 4.44. The van der Waals surface area contributed by atoms with E-state index in [1.54, 1.807) is 5.48 Å². The first-order valence-corrected chi connectivity index (χ1v) is 5.35. The van der Waals surface area contributed by atoms with Crippen LogP contribution in [-0.2, 0) is 14.3 Å². The zero-order chi connectivity index (χ0) is 13.1. The molecule has 3 atom stereocenters. The Labute approximate surface area is 99.1 Å². The van der Waals surface area contributed by atoms with Crippen LogP contribution >= 0.6 is 0 Å². The third kappa shape index (κ3) is 2.56. The summed E-state index contributed by atoms with van der Waals surface area (Å²) >= 11 is 0. The molecule has 7 nitrogen and oxygen atoms in total. The van der Waals surface area contributed by atoms with E-state index < -0.39 is 23.3 Å². The van der Waals surface area contributed by atoms with E-state index in [4.69, 9.17) is 9.94 Å². The number of ether oxygens (including phenoxy) is 1. The van der Waals surface area contributed by atoms with Gasteiger partial charge in [-0.2, -0.15) is 0 Å². The SMILES string of the molecule is CNC(=O)[C@H]1CC(CO)(OC)C[C@@H]1C(=O)NO. The van der Waals surface area contributed by atoms with Gasteiger partial charge in [0.15, 0.2) is 0 Å². The van der Waals surface area contributed by atoms with Crippen molar-refractivity contribution in [2.45, 2.75) is 18.4 Å². The van der Waals surface area contributed by atoms with E-state index in [1.165, 1.54) is 14.2 Å². The molecule has 4 N–H and O–H groups in total. The summed E-state index contributed by atoms with van der Waals surface area (Å²) in [5.74, 6) is -2.25. The van der Waals surface area contributed by atoms with Crippen LogP contribution in [0.3, 0.4) is 0 Å². The average Bonchev–Trinajstić information content (AvgIpc) is 2.77. The molecule has 0 aromatic carbocycles. The monoisotopic (exact) mass is 246 g/mol. The third-order valence-corrected chi connectivity index (χ3v) is 3.42. The van der Waals surface area contributed by atoms with E-state index in [0.29, 0.717) is 0 Å².